The van der Waals surface area contributed by atoms with Crippen molar-refractivity contribution in [3.63, 3.8) is 0 Å². The Labute approximate surface area is 126 Å². The van der Waals surface area contributed by atoms with Gasteiger partial charge >= 0.3 is 6.09 Å². The van der Waals surface area contributed by atoms with Gasteiger partial charge in [-0.2, -0.15) is 0 Å². The normalized spacial score (nSPS) is 26.5. The van der Waals surface area contributed by atoms with Crippen LogP contribution < -0.4 is 5.32 Å². The van der Waals surface area contributed by atoms with Gasteiger partial charge in [-0.1, -0.05) is 0 Å². The van der Waals surface area contributed by atoms with Gasteiger partial charge in [0.05, 0.1) is 19.2 Å². The number of aliphatic imine (C=N–C) groups is 1. The minimum Gasteiger partial charge on any atom is -0.444 e. The molecule has 1 N–H and O–H groups in total. The average Bonchev–Trinajstić information content (AvgIpc) is 2.80. The summed E-state index contributed by atoms with van der Waals surface area (Å²) in [7, 11) is 0. The topological polar surface area (TPSA) is 63.2 Å². The fraction of sp³-hybridized carbons (Fsp3) is 0.867. The molecule has 2 atom stereocenters. The Morgan fingerprint density at radius 3 is 2.90 bits per heavy atom. The van der Waals surface area contributed by atoms with Gasteiger partial charge in [-0.15, -0.1) is 0 Å². The molecule has 1 fully saturated rings. The summed E-state index contributed by atoms with van der Waals surface area (Å²) in [5, 5.41) is 3.36. The lowest BCUT2D eigenvalue weighted by Gasteiger charge is -2.30. The molecule has 0 bridgehead atoms. The van der Waals surface area contributed by atoms with E-state index in [1.807, 2.05) is 20.8 Å². The first kappa shape index (κ1) is 16.1. The number of nitrogens with one attached hydrogen (secondary N) is 1. The molecule has 6 nitrogen and oxygen atoms in total. The summed E-state index contributed by atoms with van der Waals surface area (Å²) in [4.78, 5) is 18.2. The second-order valence-electron chi connectivity index (χ2n) is 6.74. The van der Waals surface area contributed by atoms with E-state index >= 15 is 0 Å². The van der Waals surface area contributed by atoms with Gasteiger partial charge in [0.15, 0.2) is 0 Å². The Hall–Kier alpha value is -1.30. The molecule has 0 aromatic rings. The van der Waals surface area contributed by atoms with E-state index in [1.54, 1.807) is 4.90 Å². The van der Waals surface area contributed by atoms with Gasteiger partial charge in [-0.25, -0.2) is 4.79 Å². The zero-order valence-corrected chi connectivity index (χ0v) is 13.5. The third-order valence-electron chi connectivity index (χ3n) is 3.77. The molecular weight excluding hydrogens is 270 g/mol. The van der Waals surface area contributed by atoms with Crippen molar-refractivity contribution in [1.29, 1.82) is 0 Å². The first-order chi connectivity index (χ1) is 9.85. The summed E-state index contributed by atoms with van der Waals surface area (Å²) in [5.41, 5.74) is -0.462. The highest BCUT2D eigenvalue weighted by Gasteiger charge is 2.27. The van der Waals surface area contributed by atoms with Crippen LogP contribution in [0.3, 0.4) is 0 Å². The van der Waals surface area contributed by atoms with Crippen molar-refractivity contribution in [1.82, 2.24) is 10.2 Å². The standard InChI is InChI=1S/C15H27N3O3/c1-11-12(5-8-20-11)9-17-13-10-18(7-6-16-13)14(19)21-15(2,3)4/h11-12H,5-10H2,1-4H3,(H,16,17). The summed E-state index contributed by atoms with van der Waals surface area (Å²) in [6.45, 7) is 11.2. The van der Waals surface area contributed by atoms with Crippen LogP contribution in [0.2, 0.25) is 0 Å². The summed E-state index contributed by atoms with van der Waals surface area (Å²) < 4.78 is 11.0. The molecule has 0 aromatic heterocycles. The van der Waals surface area contributed by atoms with Crippen molar-refractivity contribution >= 4 is 11.9 Å². The molecule has 2 heterocycles. The van der Waals surface area contributed by atoms with Crippen LogP contribution in [-0.4, -0.2) is 61.3 Å². The molecule has 0 aromatic carbocycles. The van der Waals surface area contributed by atoms with Crippen molar-refractivity contribution in [3.8, 4) is 0 Å². The molecular formula is C15H27N3O3. The minimum atomic E-state index is -0.462. The van der Waals surface area contributed by atoms with Gasteiger partial charge < -0.3 is 14.8 Å². The maximum atomic E-state index is 12.1. The van der Waals surface area contributed by atoms with Crippen LogP contribution in [0.4, 0.5) is 4.79 Å². The number of rotatable bonds is 2. The van der Waals surface area contributed by atoms with Crippen LogP contribution in [0, 0.1) is 5.92 Å². The summed E-state index contributed by atoms with van der Waals surface area (Å²) in [5.74, 6) is 1.39. The third kappa shape index (κ3) is 4.88. The first-order valence-corrected chi connectivity index (χ1v) is 7.72. The van der Waals surface area contributed by atoms with Crippen LogP contribution >= 0.6 is 0 Å². The first-order valence-electron chi connectivity index (χ1n) is 7.72. The Bertz CT molecular complexity index is 403. The molecule has 2 rings (SSSR count). The molecule has 1 saturated heterocycles. The lowest BCUT2D eigenvalue weighted by molar-refractivity contribution is 0.0276. The Morgan fingerprint density at radius 2 is 2.29 bits per heavy atom. The molecule has 0 radical (unpaired) electrons. The molecule has 120 valence electrons. The molecule has 6 heteroatoms. The van der Waals surface area contributed by atoms with Gasteiger partial charge in [0.2, 0.25) is 0 Å². The number of carbonyl (C=O) groups excluding carboxylic acids is 1. The van der Waals surface area contributed by atoms with Crippen molar-refractivity contribution in [2.75, 3.05) is 32.8 Å². The quantitative estimate of drug-likeness (QED) is 0.842. The van der Waals surface area contributed by atoms with Gasteiger partial charge in [0.25, 0.3) is 0 Å². The number of nitrogens with zero attached hydrogens (tertiary/aromatic N) is 2. The van der Waals surface area contributed by atoms with Crippen LogP contribution in [0.1, 0.15) is 34.1 Å². The highest BCUT2D eigenvalue weighted by molar-refractivity contribution is 5.87. The molecule has 0 aliphatic carbocycles. The molecule has 0 spiro atoms. The highest BCUT2D eigenvalue weighted by atomic mass is 16.6. The van der Waals surface area contributed by atoms with Gasteiger partial charge in [0.1, 0.15) is 11.4 Å². The summed E-state index contributed by atoms with van der Waals surface area (Å²) in [6.07, 6.45) is 1.11. The van der Waals surface area contributed by atoms with Crippen LogP contribution in [0.15, 0.2) is 4.99 Å². The summed E-state index contributed by atoms with van der Waals surface area (Å²) in [6, 6.07) is 0. The molecule has 21 heavy (non-hydrogen) atoms. The van der Waals surface area contributed by atoms with E-state index in [-0.39, 0.29) is 6.09 Å². The molecule has 2 unspecified atom stereocenters. The number of amides is 1. The second kappa shape index (κ2) is 6.64. The highest BCUT2D eigenvalue weighted by Crippen LogP contribution is 2.19. The number of amidine groups is 1. The van der Waals surface area contributed by atoms with E-state index in [1.165, 1.54) is 0 Å². The fourth-order valence-electron chi connectivity index (χ4n) is 2.50. The lowest BCUT2D eigenvalue weighted by atomic mass is 10.0. The van der Waals surface area contributed by atoms with E-state index in [4.69, 9.17) is 9.47 Å². The Balaban J connectivity index is 1.80. The number of hydrogen-bond donors (Lipinski definition) is 1. The van der Waals surface area contributed by atoms with Gasteiger partial charge in [-0.05, 0) is 34.1 Å². The molecule has 2 aliphatic rings. The largest absolute Gasteiger partial charge is 0.444 e. The Morgan fingerprint density at radius 1 is 1.52 bits per heavy atom. The maximum Gasteiger partial charge on any atom is 0.410 e. The van der Waals surface area contributed by atoms with E-state index < -0.39 is 5.60 Å². The second-order valence-corrected chi connectivity index (χ2v) is 6.74. The van der Waals surface area contributed by atoms with E-state index in [2.05, 4.69) is 17.2 Å². The predicted octanol–water partition coefficient (Wildman–Crippen LogP) is 1.65. The van der Waals surface area contributed by atoms with Crippen molar-refractivity contribution in [2.45, 2.75) is 45.8 Å². The smallest absolute Gasteiger partial charge is 0.410 e. The van der Waals surface area contributed by atoms with E-state index in [0.717, 1.165) is 25.4 Å². The third-order valence-corrected chi connectivity index (χ3v) is 3.77. The van der Waals surface area contributed by atoms with Crippen molar-refractivity contribution in [2.24, 2.45) is 10.9 Å². The SMILES string of the molecule is CC1OCCC1CNC1=NCCN(C(=O)OC(C)(C)C)C1. The Kier molecular flexibility index (Phi) is 5.08. The van der Waals surface area contributed by atoms with Crippen LogP contribution in [-0.2, 0) is 9.47 Å². The number of ether oxygens (including phenoxy) is 2. The zero-order chi connectivity index (χ0) is 15.5. The molecule has 0 saturated carbocycles. The van der Waals surface area contributed by atoms with E-state index in [0.29, 0.717) is 31.7 Å². The predicted molar refractivity (Wildman–Crippen MR) is 81.6 cm³/mol. The monoisotopic (exact) mass is 297 g/mol. The van der Waals surface area contributed by atoms with E-state index in [9.17, 15) is 4.79 Å². The lowest BCUT2D eigenvalue weighted by Crippen LogP contribution is -2.48. The minimum absolute atomic E-state index is 0.269. The maximum absolute atomic E-state index is 12.1. The zero-order valence-electron chi connectivity index (χ0n) is 13.5. The van der Waals surface area contributed by atoms with Gasteiger partial charge in [-0.3, -0.25) is 9.89 Å². The number of hydrogen-bond acceptors (Lipinski definition) is 5. The summed E-state index contributed by atoms with van der Waals surface area (Å²) >= 11 is 0. The van der Waals surface area contributed by atoms with Gasteiger partial charge in [0, 0.05) is 25.6 Å². The van der Waals surface area contributed by atoms with Crippen molar-refractivity contribution in [3.05, 3.63) is 0 Å². The number of carbonyl (C=O) groups is 1. The van der Waals surface area contributed by atoms with Crippen LogP contribution in [0.5, 0.6) is 0 Å². The average molecular weight is 297 g/mol. The fourth-order valence-corrected chi connectivity index (χ4v) is 2.50. The van der Waals surface area contributed by atoms with Crippen molar-refractivity contribution < 1.29 is 14.3 Å². The molecule has 1 amide bonds. The van der Waals surface area contributed by atoms with Crippen LogP contribution in [0.25, 0.3) is 0 Å². The molecule has 2 aliphatic heterocycles.